The van der Waals surface area contributed by atoms with E-state index >= 15 is 0 Å². The van der Waals surface area contributed by atoms with Crippen LogP contribution in [0.3, 0.4) is 0 Å². The summed E-state index contributed by atoms with van der Waals surface area (Å²) in [6.07, 6.45) is 0. The Hall–Kier alpha value is -0.485. The molecule has 0 amide bonds. The lowest BCUT2D eigenvalue weighted by atomic mass is 9.94. The lowest BCUT2D eigenvalue weighted by molar-refractivity contribution is 0.475. The van der Waals surface area contributed by atoms with E-state index in [0.717, 1.165) is 0 Å². The molecule has 0 bridgehead atoms. The Morgan fingerprint density at radius 1 is 0.833 bits per heavy atom. The zero-order valence-corrected chi connectivity index (χ0v) is 13.4. The molecule has 99 valence electrons. The van der Waals surface area contributed by atoms with Crippen LogP contribution in [0.2, 0.25) is 0 Å². The molecule has 1 aromatic rings. The zero-order chi connectivity index (χ0) is 13.9. The van der Waals surface area contributed by atoms with E-state index in [2.05, 4.69) is 48.5 Å². The Balaban J connectivity index is 3.08. The fraction of sp³-hybridized carbons (Fsp3) is 0.600. The van der Waals surface area contributed by atoms with E-state index in [1.54, 1.807) is 12.1 Å². The number of phenols is 1. The highest BCUT2D eigenvalue weighted by molar-refractivity contribution is 8.03. The van der Waals surface area contributed by atoms with Gasteiger partial charge in [-0.05, 0) is 66.3 Å². The van der Waals surface area contributed by atoms with Crippen LogP contribution in [0, 0.1) is 0 Å². The van der Waals surface area contributed by atoms with Crippen molar-refractivity contribution in [3.05, 3.63) is 24.3 Å². The molecule has 0 saturated carbocycles. The minimum Gasteiger partial charge on any atom is -0.508 e. The minimum atomic E-state index is -1.16. The SMILES string of the molecule is CC(C)[P+]([B]c1ccc(O)cc1)(C(C)C)C(C)C. The minimum absolute atomic E-state index is 0.342. The van der Waals surface area contributed by atoms with Gasteiger partial charge in [-0.15, -0.1) is 0 Å². The molecule has 0 aliphatic rings. The maximum Gasteiger partial charge on any atom is 0.396 e. The molecule has 0 aromatic heterocycles. The van der Waals surface area contributed by atoms with Gasteiger partial charge >= 0.3 is 7.00 Å². The highest BCUT2D eigenvalue weighted by Gasteiger charge is 2.48. The van der Waals surface area contributed by atoms with E-state index in [9.17, 15) is 5.11 Å². The molecule has 18 heavy (non-hydrogen) atoms. The van der Waals surface area contributed by atoms with Crippen LogP contribution >= 0.6 is 7.14 Å². The fourth-order valence-corrected chi connectivity index (χ4v) is 8.22. The van der Waals surface area contributed by atoms with Gasteiger partial charge in [0.2, 0.25) is 0 Å². The van der Waals surface area contributed by atoms with Crippen LogP contribution in [-0.2, 0) is 0 Å². The second-order valence-electron chi connectivity index (χ2n) is 5.90. The van der Waals surface area contributed by atoms with Crippen molar-refractivity contribution in [1.29, 1.82) is 0 Å². The summed E-state index contributed by atoms with van der Waals surface area (Å²) in [5.41, 5.74) is 3.35. The number of aromatic hydroxyl groups is 1. The third-order valence-electron chi connectivity index (χ3n) is 3.95. The van der Waals surface area contributed by atoms with Gasteiger partial charge in [0.05, 0.1) is 0 Å². The first-order valence-corrected chi connectivity index (χ1v) is 8.90. The number of hydrogen-bond acceptors (Lipinski definition) is 1. The van der Waals surface area contributed by atoms with Crippen LogP contribution in [0.25, 0.3) is 0 Å². The van der Waals surface area contributed by atoms with Crippen LogP contribution in [0.15, 0.2) is 24.3 Å². The monoisotopic (exact) mass is 264 g/mol. The summed E-state index contributed by atoms with van der Waals surface area (Å²) in [5.74, 6) is 0.342. The molecular formula is C15H26BOP+. The molecule has 0 heterocycles. The van der Waals surface area contributed by atoms with Crippen molar-refractivity contribution in [2.75, 3.05) is 0 Å². The van der Waals surface area contributed by atoms with Gasteiger partial charge in [0.15, 0.2) is 0 Å². The summed E-state index contributed by atoms with van der Waals surface area (Å²) < 4.78 is 0. The molecule has 0 aliphatic carbocycles. The molecule has 0 saturated heterocycles. The third kappa shape index (κ3) is 3.09. The van der Waals surface area contributed by atoms with Gasteiger partial charge in [-0.3, -0.25) is 0 Å². The Morgan fingerprint density at radius 2 is 1.22 bits per heavy atom. The van der Waals surface area contributed by atoms with E-state index in [4.69, 9.17) is 0 Å². The average Bonchev–Trinajstić information content (AvgIpc) is 2.26. The van der Waals surface area contributed by atoms with Crippen molar-refractivity contribution in [2.45, 2.75) is 58.5 Å². The molecule has 1 rings (SSSR count). The first kappa shape index (κ1) is 15.6. The van der Waals surface area contributed by atoms with Crippen molar-refractivity contribution >= 4 is 19.6 Å². The summed E-state index contributed by atoms with van der Waals surface area (Å²) >= 11 is 0. The average molecular weight is 264 g/mol. The molecule has 1 nitrogen and oxygen atoms in total. The summed E-state index contributed by atoms with van der Waals surface area (Å²) in [4.78, 5) is 0. The molecule has 0 atom stereocenters. The molecule has 1 radical (unpaired) electrons. The fourth-order valence-electron chi connectivity index (χ4n) is 3.05. The first-order chi connectivity index (χ1) is 8.30. The van der Waals surface area contributed by atoms with Crippen molar-refractivity contribution < 1.29 is 5.11 Å². The van der Waals surface area contributed by atoms with E-state index in [1.807, 2.05) is 12.1 Å². The van der Waals surface area contributed by atoms with Crippen molar-refractivity contribution in [3.8, 4) is 5.75 Å². The van der Waals surface area contributed by atoms with Gasteiger partial charge in [-0.25, -0.2) is 0 Å². The molecule has 1 N–H and O–H groups in total. The Morgan fingerprint density at radius 3 is 1.56 bits per heavy atom. The van der Waals surface area contributed by atoms with Gasteiger partial charge in [0.25, 0.3) is 0 Å². The Labute approximate surface area is 114 Å². The molecule has 0 fully saturated rings. The van der Waals surface area contributed by atoms with Crippen LogP contribution < -0.4 is 5.46 Å². The Kier molecular flexibility index (Phi) is 5.28. The standard InChI is InChI=1S/C15H26BOP/c1-11(2)18(12(3)4,13(5)6)16-14-7-9-15(17)10-8-14/h7-13,17H,1-6H3/q+1. The predicted molar refractivity (Wildman–Crippen MR) is 85.8 cm³/mol. The lowest BCUT2D eigenvalue weighted by Crippen LogP contribution is -2.33. The summed E-state index contributed by atoms with van der Waals surface area (Å²) in [6.45, 7) is 16.6. The quantitative estimate of drug-likeness (QED) is 0.632. The maximum absolute atomic E-state index is 9.38. The maximum atomic E-state index is 9.38. The summed E-state index contributed by atoms with van der Waals surface area (Å²) in [5, 5.41) is 9.38. The number of rotatable bonds is 5. The van der Waals surface area contributed by atoms with Gasteiger partial charge in [-0.2, -0.15) is 0 Å². The van der Waals surface area contributed by atoms with E-state index in [0.29, 0.717) is 22.7 Å². The number of phenolic OH excluding ortho intramolecular Hbond substituents is 1. The highest BCUT2D eigenvalue weighted by atomic mass is 31.2. The van der Waals surface area contributed by atoms with Crippen molar-refractivity contribution in [3.63, 3.8) is 0 Å². The molecule has 0 aliphatic heterocycles. The molecule has 0 unspecified atom stereocenters. The molecular weight excluding hydrogens is 238 g/mol. The Bertz CT molecular complexity index is 349. The van der Waals surface area contributed by atoms with Gasteiger partial charge in [-0.1, -0.05) is 12.1 Å². The number of benzene rings is 1. The van der Waals surface area contributed by atoms with Crippen molar-refractivity contribution in [2.24, 2.45) is 0 Å². The topological polar surface area (TPSA) is 20.2 Å². The molecule has 1 aromatic carbocycles. The predicted octanol–water partition coefficient (Wildman–Crippen LogP) is 3.88. The summed E-state index contributed by atoms with van der Waals surface area (Å²) in [7, 11) is -1.16. The normalized spacial score (nSPS) is 12.5. The zero-order valence-electron chi connectivity index (χ0n) is 12.5. The van der Waals surface area contributed by atoms with E-state index in [-0.39, 0.29) is 0 Å². The van der Waals surface area contributed by atoms with E-state index in [1.165, 1.54) is 5.46 Å². The molecule has 0 spiro atoms. The smallest absolute Gasteiger partial charge is 0.396 e. The van der Waals surface area contributed by atoms with E-state index < -0.39 is 7.14 Å². The van der Waals surface area contributed by atoms with Crippen LogP contribution in [0.4, 0.5) is 0 Å². The van der Waals surface area contributed by atoms with Crippen LogP contribution in [0.5, 0.6) is 5.75 Å². The largest absolute Gasteiger partial charge is 0.508 e. The van der Waals surface area contributed by atoms with Crippen molar-refractivity contribution in [1.82, 2.24) is 0 Å². The lowest BCUT2D eigenvalue weighted by Gasteiger charge is -2.38. The first-order valence-electron chi connectivity index (χ1n) is 6.83. The number of hydrogen-bond donors (Lipinski definition) is 1. The van der Waals surface area contributed by atoms with Gasteiger partial charge in [0.1, 0.15) is 5.75 Å². The molecule has 3 heteroatoms. The third-order valence-corrected chi connectivity index (χ3v) is 10.1. The van der Waals surface area contributed by atoms with Crippen LogP contribution in [-0.4, -0.2) is 29.1 Å². The second-order valence-corrected chi connectivity index (χ2v) is 11.0. The highest BCUT2D eigenvalue weighted by Crippen LogP contribution is 2.68. The van der Waals surface area contributed by atoms with Gasteiger partial charge in [0, 0.05) is 17.0 Å². The summed E-state index contributed by atoms with van der Waals surface area (Å²) in [6, 6.07) is 7.61. The second kappa shape index (κ2) is 6.11. The van der Waals surface area contributed by atoms with Crippen LogP contribution in [0.1, 0.15) is 41.5 Å². The van der Waals surface area contributed by atoms with Gasteiger partial charge < -0.3 is 5.11 Å².